The average Bonchev–Trinajstić information content (AvgIpc) is 2.84. The Hall–Kier alpha value is -1.55. The lowest BCUT2D eigenvalue weighted by Gasteiger charge is -2.15. The maximum atomic E-state index is 10.6. The molecule has 0 fully saturated rings. The first kappa shape index (κ1) is 13.9. The fourth-order valence-electron chi connectivity index (χ4n) is 2.34. The van der Waals surface area contributed by atoms with E-state index in [1.54, 1.807) is 0 Å². The number of nitrogens with two attached hydrogens (primary N) is 1. The highest BCUT2D eigenvalue weighted by atomic mass is 16.5. The minimum atomic E-state index is -0.216. The molecule has 0 saturated carbocycles. The van der Waals surface area contributed by atoms with E-state index in [0.717, 1.165) is 38.2 Å². The van der Waals surface area contributed by atoms with Gasteiger partial charge in [0.2, 0.25) is 5.91 Å². The predicted molar refractivity (Wildman–Crippen MR) is 75.1 cm³/mol. The number of primary amides is 1. The maximum Gasteiger partial charge on any atom is 0.217 e. The summed E-state index contributed by atoms with van der Waals surface area (Å²) in [6.07, 6.45) is 3.31. The minimum absolute atomic E-state index is 0.216. The average molecular weight is 262 g/mol. The number of carbonyl (C=O) groups excluding carboxylic acids is 1. The molecule has 3 N–H and O–H groups in total. The minimum Gasteiger partial charge on any atom is -0.493 e. The number of hydrogen-bond acceptors (Lipinski definition) is 3. The number of rotatable bonds is 7. The number of carbonyl (C=O) groups is 1. The first-order valence-corrected chi connectivity index (χ1v) is 6.94. The van der Waals surface area contributed by atoms with Crippen LogP contribution in [-0.2, 0) is 11.2 Å². The number of hydrogen-bond donors (Lipinski definition) is 2. The van der Waals surface area contributed by atoms with Crippen LogP contribution >= 0.6 is 0 Å². The Morgan fingerprint density at radius 1 is 1.47 bits per heavy atom. The predicted octanol–water partition coefficient (Wildman–Crippen LogP) is 1.93. The number of benzene rings is 1. The summed E-state index contributed by atoms with van der Waals surface area (Å²) in [6, 6.07) is 6.72. The second kappa shape index (κ2) is 6.57. The highest BCUT2D eigenvalue weighted by molar-refractivity contribution is 5.73. The van der Waals surface area contributed by atoms with E-state index in [2.05, 4.69) is 30.4 Å². The third-order valence-electron chi connectivity index (χ3n) is 3.51. The van der Waals surface area contributed by atoms with Crippen LogP contribution in [0.4, 0.5) is 0 Å². The van der Waals surface area contributed by atoms with Gasteiger partial charge in [-0.1, -0.05) is 12.1 Å². The molecule has 1 heterocycles. The van der Waals surface area contributed by atoms with E-state index < -0.39 is 0 Å². The second-order valence-corrected chi connectivity index (χ2v) is 5.06. The SMILES string of the molecule is CC(NCCCCC(N)=O)c1ccc2c(c1)CCO2. The van der Waals surface area contributed by atoms with Crippen molar-refractivity contribution in [3.05, 3.63) is 29.3 Å². The summed E-state index contributed by atoms with van der Waals surface area (Å²) < 4.78 is 5.50. The molecule has 1 aromatic rings. The van der Waals surface area contributed by atoms with Crippen LogP contribution in [0.25, 0.3) is 0 Å². The van der Waals surface area contributed by atoms with Crippen LogP contribution in [0.1, 0.15) is 43.4 Å². The van der Waals surface area contributed by atoms with Gasteiger partial charge in [-0.25, -0.2) is 0 Å². The quantitative estimate of drug-likeness (QED) is 0.738. The van der Waals surface area contributed by atoms with Crippen LogP contribution in [0, 0.1) is 0 Å². The highest BCUT2D eigenvalue weighted by Gasteiger charge is 2.14. The standard InChI is InChI=1S/C15H22N2O2/c1-11(17-8-3-2-4-15(16)18)12-5-6-14-13(10-12)7-9-19-14/h5-6,10-11,17H,2-4,7-9H2,1H3,(H2,16,18). The molecule has 4 heteroatoms. The van der Waals surface area contributed by atoms with Crippen molar-refractivity contribution >= 4 is 5.91 Å². The molecule has 0 saturated heterocycles. The third-order valence-corrected chi connectivity index (χ3v) is 3.51. The molecule has 1 aromatic carbocycles. The topological polar surface area (TPSA) is 64.3 Å². The molecule has 0 spiro atoms. The van der Waals surface area contributed by atoms with E-state index >= 15 is 0 Å². The van der Waals surface area contributed by atoms with Crippen molar-refractivity contribution in [3.8, 4) is 5.75 Å². The molecule has 1 amide bonds. The molecule has 19 heavy (non-hydrogen) atoms. The summed E-state index contributed by atoms with van der Waals surface area (Å²) in [4.78, 5) is 10.6. The van der Waals surface area contributed by atoms with Crippen molar-refractivity contribution < 1.29 is 9.53 Å². The van der Waals surface area contributed by atoms with Gasteiger partial charge in [0.05, 0.1) is 6.61 Å². The Morgan fingerprint density at radius 3 is 3.11 bits per heavy atom. The third kappa shape index (κ3) is 3.96. The van der Waals surface area contributed by atoms with E-state index in [0.29, 0.717) is 12.5 Å². The molecule has 0 radical (unpaired) electrons. The molecule has 0 aliphatic carbocycles. The number of amides is 1. The zero-order valence-corrected chi connectivity index (χ0v) is 11.4. The van der Waals surface area contributed by atoms with Crippen molar-refractivity contribution in [2.45, 2.75) is 38.6 Å². The van der Waals surface area contributed by atoms with Crippen molar-refractivity contribution in [3.63, 3.8) is 0 Å². The summed E-state index contributed by atoms with van der Waals surface area (Å²) in [6.45, 7) is 3.86. The normalized spacial score (nSPS) is 14.8. The van der Waals surface area contributed by atoms with Gasteiger partial charge in [-0.3, -0.25) is 4.79 Å². The first-order valence-electron chi connectivity index (χ1n) is 6.94. The van der Waals surface area contributed by atoms with Crippen molar-refractivity contribution in [1.82, 2.24) is 5.32 Å². The van der Waals surface area contributed by atoms with Crippen molar-refractivity contribution in [2.24, 2.45) is 5.73 Å². The van der Waals surface area contributed by atoms with E-state index in [-0.39, 0.29) is 5.91 Å². The van der Waals surface area contributed by atoms with Crippen molar-refractivity contribution in [1.29, 1.82) is 0 Å². The lowest BCUT2D eigenvalue weighted by Crippen LogP contribution is -2.20. The maximum absolute atomic E-state index is 10.6. The summed E-state index contributed by atoms with van der Waals surface area (Å²) >= 11 is 0. The van der Waals surface area contributed by atoms with E-state index in [1.807, 2.05) is 0 Å². The number of unbranched alkanes of at least 4 members (excludes halogenated alkanes) is 1. The van der Waals surface area contributed by atoms with Gasteiger partial charge >= 0.3 is 0 Å². The highest BCUT2D eigenvalue weighted by Crippen LogP contribution is 2.28. The summed E-state index contributed by atoms with van der Waals surface area (Å²) in [5.74, 6) is 0.809. The largest absolute Gasteiger partial charge is 0.493 e. The zero-order chi connectivity index (χ0) is 13.7. The Balaban J connectivity index is 1.77. The van der Waals surface area contributed by atoms with Crippen LogP contribution in [-0.4, -0.2) is 19.1 Å². The number of fused-ring (bicyclic) bond motifs is 1. The first-order chi connectivity index (χ1) is 9.16. The molecular formula is C15H22N2O2. The van der Waals surface area contributed by atoms with Crippen LogP contribution in [0.2, 0.25) is 0 Å². The van der Waals surface area contributed by atoms with Gasteiger partial charge in [0.15, 0.2) is 0 Å². The lowest BCUT2D eigenvalue weighted by molar-refractivity contribution is -0.118. The van der Waals surface area contributed by atoms with E-state index in [4.69, 9.17) is 10.5 Å². The summed E-state index contributed by atoms with van der Waals surface area (Å²) in [7, 11) is 0. The Labute approximate surface area is 114 Å². The summed E-state index contributed by atoms with van der Waals surface area (Å²) in [5.41, 5.74) is 7.70. The lowest BCUT2D eigenvalue weighted by atomic mass is 10.0. The Bertz CT molecular complexity index is 446. The second-order valence-electron chi connectivity index (χ2n) is 5.06. The van der Waals surface area contributed by atoms with Crippen LogP contribution in [0.15, 0.2) is 18.2 Å². The van der Waals surface area contributed by atoms with Gasteiger partial charge in [0.25, 0.3) is 0 Å². The zero-order valence-electron chi connectivity index (χ0n) is 11.4. The smallest absolute Gasteiger partial charge is 0.217 e. The fraction of sp³-hybridized carbons (Fsp3) is 0.533. The van der Waals surface area contributed by atoms with Gasteiger partial charge in [-0.2, -0.15) is 0 Å². The van der Waals surface area contributed by atoms with Crippen LogP contribution in [0.5, 0.6) is 5.75 Å². The van der Waals surface area contributed by atoms with E-state index in [1.165, 1.54) is 11.1 Å². The molecule has 0 bridgehead atoms. The number of ether oxygens (including phenoxy) is 1. The molecule has 1 aliphatic rings. The van der Waals surface area contributed by atoms with Gasteiger partial charge < -0.3 is 15.8 Å². The molecular weight excluding hydrogens is 240 g/mol. The molecule has 1 unspecified atom stereocenters. The van der Waals surface area contributed by atoms with Crippen LogP contribution in [0.3, 0.4) is 0 Å². The van der Waals surface area contributed by atoms with Gasteiger partial charge in [0, 0.05) is 18.9 Å². The van der Waals surface area contributed by atoms with Gasteiger partial charge in [0.1, 0.15) is 5.75 Å². The molecule has 0 aromatic heterocycles. The fourth-order valence-corrected chi connectivity index (χ4v) is 2.34. The summed E-state index contributed by atoms with van der Waals surface area (Å²) in [5, 5.41) is 3.47. The molecule has 1 atom stereocenters. The molecule has 2 rings (SSSR count). The Kier molecular flexibility index (Phi) is 4.80. The van der Waals surface area contributed by atoms with Gasteiger partial charge in [-0.05, 0) is 43.5 Å². The molecule has 1 aliphatic heterocycles. The van der Waals surface area contributed by atoms with Crippen molar-refractivity contribution in [2.75, 3.05) is 13.2 Å². The van der Waals surface area contributed by atoms with Crippen LogP contribution < -0.4 is 15.8 Å². The molecule has 4 nitrogen and oxygen atoms in total. The van der Waals surface area contributed by atoms with Gasteiger partial charge in [-0.15, -0.1) is 0 Å². The monoisotopic (exact) mass is 262 g/mol. The Morgan fingerprint density at radius 2 is 2.32 bits per heavy atom. The molecule has 104 valence electrons. The number of nitrogens with one attached hydrogen (secondary N) is 1. The van der Waals surface area contributed by atoms with E-state index in [9.17, 15) is 4.79 Å².